The normalized spacial score (nSPS) is 12.7. The van der Waals surface area contributed by atoms with Gasteiger partial charge in [0.25, 0.3) is 0 Å². The van der Waals surface area contributed by atoms with Gasteiger partial charge in [0.2, 0.25) is 0 Å². The van der Waals surface area contributed by atoms with Gasteiger partial charge in [0.05, 0.1) is 6.10 Å². The number of hydrogen-bond acceptors (Lipinski definition) is 2. The fourth-order valence-electron chi connectivity index (χ4n) is 0.723. The van der Waals surface area contributed by atoms with Gasteiger partial charge in [-0.15, -0.1) is 0 Å². The maximum absolute atomic E-state index is 10.3. The van der Waals surface area contributed by atoms with Crippen LogP contribution in [0.25, 0.3) is 0 Å². The van der Waals surface area contributed by atoms with E-state index in [0.29, 0.717) is 0 Å². The molecule has 2 nitrogen and oxygen atoms in total. The summed E-state index contributed by atoms with van der Waals surface area (Å²) in [6.45, 7) is 3.99. The molecule has 10 heavy (non-hydrogen) atoms. The van der Waals surface area contributed by atoms with Crippen LogP contribution in [0.2, 0.25) is 0 Å². The zero-order valence-electron chi connectivity index (χ0n) is 6.46. The predicted octanol–water partition coefficient (Wildman–Crippen LogP) is 2.63. The van der Waals surface area contributed by atoms with Crippen molar-refractivity contribution >= 4 is 17.9 Å². The van der Waals surface area contributed by atoms with E-state index >= 15 is 0 Å². The van der Waals surface area contributed by atoms with E-state index in [2.05, 4.69) is 19.6 Å². The summed E-state index contributed by atoms with van der Waals surface area (Å²) in [6.07, 6.45) is 3.18. The molecule has 0 aliphatic carbocycles. The van der Waals surface area contributed by atoms with Crippen LogP contribution in [0, 0.1) is 0 Å². The van der Waals surface area contributed by atoms with E-state index in [1.807, 2.05) is 6.92 Å². The average molecular weight is 162 g/mol. The second-order valence-electron chi connectivity index (χ2n) is 2.34. The molecule has 0 bridgehead atoms. The van der Waals surface area contributed by atoms with Crippen molar-refractivity contribution in [1.82, 2.24) is 0 Å². The summed E-state index contributed by atoms with van der Waals surface area (Å²) >= 11 is 3.50. The summed E-state index contributed by atoms with van der Waals surface area (Å²) in [5.41, 5.74) is 0. The van der Waals surface area contributed by atoms with Crippen LogP contribution in [0.15, 0.2) is 0 Å². The van der Waals surface area contributed by atoms with Crippen molar-refractivity contribution in [2.45, 2.75) is 39.2 Å². The lowest BCUT2D eigenvalue weighted by Gasteiger charge is -2.09. The summed E-state index contributed by atoms with van der Waals surface area (Å²) in [4.78, 5) is 10.3. The Morgan fingerprint density at radius 1 is 1.70 bits per heavy atom. The van der Waals surface area contributed by atoms with Gasteiger partial charge >= 0.3 is 5.30 Å². The van der Waals surface area contributed by atoms with Crippen LogP contribution in [0.5, 0.6) is 0 Å². The molecule has 3 heteroatoms. The summed E-state index contributed by atoms with van der Waals surface area (Å²) < 4.78 is 4.78. The van der Waals surface area contributed by atoms with Crippen LogP contribution in [0.4, 0.5) is 4.79 Å². The largest absolute Gasteiger partial charge is 0.455 e. The molecule has 0 aromatic rings. The first-order valence-electron chi connectivity index (χ1n) is 3.56. The van der Waals surface area contributed by atoms with Crippen LogP contribution >= 0.6 is 12.6 Å². The third-order valence-electron chi connectivity index (χ3n) is 1.27. The van der Waals surface area contributed by atoms with Crippen molar-refractivity contribution < 1.29 is 9.53 Å². The van der Waals surface area contributed by atoms with Gasteiger partial charge < -0.3 is 4.74 Å². The summed E-state index contributed by atoms with van der Waals surface area (Å²) in [5, 5.41) is -0.483. The van der Waals surface area contributed by atoms with E-state index < -0.39 is 5.30 Å². The molecule has 0 radical (unpaired) electrons. The van der Waals surface area contributed by atoms with Crippen molar-refractivity contribution in [2.75, 3.05) is 0 Å². The fraction of sp³-hybridized carbons (Fsp3) is 0.857. The molecular weight excluding hydrogens is 148 g/mol. The van der Waals surface area contributed by atoms with Crippen LogP contribution in [-0.4, -0.2) is 11.4 Å². The number of ether oxygens (including phenoxy) is 1. The second kappa shape index (κ2) is 5.59. The Hall–Kier alpha value is -0.180. The molecule has 0 fully saturated rings. The van der Waals surface area contributed by atoms with Crippen molar-refractivity contribution in [3.8, 4) is 0 Å². The van der Waals surface area contributed by atoms with Crippen molar-refractivity contribution in [1.29, 1.82) is 0 Å². The Balaban J connectivity index is 3.25. The molecule has 0 aromatic carbocycles. The van der Waals surface area contributed by atoms with Crippen LogP contribution < -0.4 is 0 Å². The number of carbonyl (C=O) groups excluding carboxylic acids is 1. The van der Waals surface area contributed by atoms with Gasteiger partial charge in [-0.05, 0) is 13.3 Å². The number of thiol groups is 1. The van der Waals surface area contributed by atoms with Gasteiger partial charge in [0.15, 0.2) is 0 Å². The monoisotopic (exact) mass is 162 g/mol. The van der Waals surface area contributed by atoms with Gasteiger partial charge in [-0.25, -0.2) is 4.79 Å². The van der Waals surface area contributed by atoms with Gasteiger partial charge in [0, 0.05) is 0 Å². The van der Waals surface area contributed by atoms with Gasteiger partial charge in [0.1, 0.15) is 0 Å². The number of carbonyl (C=O) groups is 1. The topological polar surface area (TPSA) is 26.3 Å². The second-order valence-corrected chi connectivity index (χ2v) is 2.70. The van der Waals surface area contributed by atoms with E-state index in [1.54, 1.807) is 0 Å². The zero-order chi connectivity index (χ0) is 7.98. The maximum atomic E-state index is 10.3. The molecule has 1 unspecified atom stereocenters. The molecule has 0 heterocycles. The predicted molar refractivity (Wildman–Crippen MR) is 44.5 cm³/mol. The van der Waals surface area contributed by atoms with Gasteiger partial charge in [-0.2, -0.15) is 0 Å². The fourth-order valence-corrected chi connectivity index (χ4v) is 0.903. The minimum Gasteiger partial charge on any atom is -0.455 e. The molecule has 1 atom stereocenters. The molecular formula is C7H14O2S. The SMILES string of the molecule is CCCCC(C)OC(=O)S. The molecule has 0 spiro atoms. The van der Waals surface area contributed by atoms with E-state index in [4.69, 9.17) is 4.74 Å². The number of unbranched alkanes of at least 4 members (excludes halogenated alkanes) is 1. The molecule has 0 aromatic heterocycles. The van der Waals surface area contributed by atoms with Gasteiger partial charge in [-0.3, -0.25) is 0 Å². The molecule has 0 saturated carbocycles. The van der Waals surface area contributed by atoms with Crippen LogP contribution in [0.1, 0.15) is 33.1 Å². The quantitative estimate of drug-likeness (QED) is 0.508. The van der Waals surface area contributed by atoms with Crippen molar-refractivity contribution in [3.05, 3.63) is 0 Å². The molecule has 0 aliphatic heterocycles. The highest BCUT2D eigenvalue weighted by molar-refractivity contribution is 7.96. The molecule has 0 aliphatic rings. The lowest BCUT2D eigenvalue weighted by atomic mass is 10.2. The highest BCUT2D eigenvalue weighted by Gasteiger charge is 2.03. The zero-order valence-corrected chi connectivity index (χ0v) is 7.36. The lowest BCUT2D eigenvalue weighted by molar-refractivity contribution is 0.127. The Labute approximate surface area is 67.4 Å². The summed E-state index contributed by atoms with van der Waals surface area (Å²) in [6, 6.07) is 0. The van der Waals surface area contributed by atoms with Crippen LogP contribution in [0.3, 0.4) is 0 Å². The standard InChI is InChI=1S/C7H14O2S/c1-3-4-5-6(2)9-7(8)10/h6H,3-5H2,1-2H3,(H,8,10). The minimum absolute atomic E-state index is 0.0185. The van der Waals surface area contributed by atoms with E-state index in [9.17, 15) is 4.79 Å². The first kappa shape index (κ1) is 9.82. The molecule has 0 N–H and O–H groups in total. The third-order valence-corrected chi connectivity index (χ3v) is 1.37. The Bertz CT molecular complexity index is 104. The first-order valence-corrected chi connectivity index (χ1v) is 4.01. The van der Waals surface area contributed by atoms with Crippen molar-refractivity contribution in [3.63, 3.8) is 0 Å². The Kier molecular flexibility index (Phi) is 5.49. The van der Waals surface area contributed by atoms with E-state index in [-0.39, 0.29) is 6.10 Å². The lowest BCUT2D eigenvalue weighted by Crippen LogP contribution is -2.09. The number of hydrogen-bond donors (Lipinski definition) is 1. The number of rotatable bonds is 4. The Morgan fingerprint density at radius 2 is 2.30 bits per heavy atom. The highest BCUT2D eigenvalue weighted by Crippen LogP contribution is 2.05. The maximum Gasteiger partial charge on any atom is 0.364 e. The van der Waals surface area contributed by atoms with E-state index in [1.165, 1.54) is 0 Å². The molecule has 60 valence electrons. The molecule has 0 amide bonds. The summed E-state index contributed by atoms with van der Waals surface area (Å²) in [5.74, 6) is 0. The molecule has 0 rings (SSSR count). The molecule has 0 saturated heterocycles. The van der Waals surface area contributed by atoms with Crippen molar-refractivity contribution in [2.24, 2.45) is 0 Å². The van der Waals surface area contributed by atoms with Gasteiger partial charge in [-0.1, -0.05) is 32.4 Å². The highest BCUT2D eigenvalue weighted by atomic mass is 32.1. The third kappa shape index (κ3) is 5.95. The summed E-state index contributed by atoms with van der Waals surface area (Å²) in [7, 11) is 0. The smallest absolute Gasteiger partial charge is 0.364 e. The average Bonchev–Trinajstić information content (AvgIpc) is 1.82. The van der Waals surface area contributed by atoms with Crippen LogP contribution in [-0.2, 0) is 4.74 Å². The van der Waals surface area contributed by atoms with E-state index in [0.717, 1.165) is 19.3 Å². The minimum atomic E-state index is -0.483. The first-order chi connectivity index (χ1) is 4.66. The Morgan fingerprint density at radius 3 is 2.70 bits per heavy atom.